The van der Waals surface area contributed by atoms with E-state index in [1.54, 1.807) is 0 Å². The molecule has 1 aromatic heterocycles. The Hall–Kier alpha value is -1.57. The number of rotatable bonds is 1. The Labute approximate surface area is 97.7 Å². The van der Waals surface area contributed by atoms with Gasteiger partial charge in [-0.2, -0.15) is 0 Å². The van der Waals surface area contributed by atoms with Gasteiger partial charge >= 0.3 is 0 Å². The predicted octanol–water partition coefficient (Wildman–Crippen LogP) is 4.34. The summed E-state index contributed by atoms with van der Waals surface area (Å²) >= 11 is 0. The van der Waals surface area contributed by atoms with Crippen LogP contribution in [0.25, 0.3) is 10.9 Å². The summed E-state index contributed by atoms with van der Waals surface area (Å²) in [5.41, 5.74) is 2.86. The van der Waals surface area contributed by atoms with Gasteiger partial charge in [-0.25, -0.2) is 0 Å². The standard InChI is InChI=1S/C10H9NO.2C2H6/c1-7-2-3-10-8(4-7)5-9(6-12)11-10;2*1-2/h2-6,11H,1H3;2*1-2H3. The third kappa shape index (κ3) is 3.54. The first-order valence-electron chi connectivity index (χ1n) is 5.84. The summed E-state index contributed by atoms with van der Waals surface area (Å²) in [7, 11) is 0. The fraction of sp³-hybridized carbons (Fsp3) is 0.357. The Bertz CT molecular complexity index is 429. The van der Waals surface area contributed by atoms with Crippen LogP contribution in [0, 0.1) is 6.92 Å². The lowest BCUT2D eigenvalue weighted by Gasteiger charge is -1.90. The molecule has 0 aliphatic heterocycles. The number of fused-ring (bicyclic) bond motifs is 1. The zero-order valence-electron chi connectivity index (χ0n) is 10.8. The molecule has 2 heteroatoms. The molecule has 0 aliphatic rings. The molecular weight excluding hydrogens is 198 g/mol. The number of carbonyl (C=O) groups is 1. The fourth-order valence-electron chi connectivity index (χ4n) is 1.34. The van der Waals surface area contributed by atoms with Crippen LogP contribution in [-0.4, -0.2) is 11.3 Å². The molecular formula is C14H21NO. The third-order valence-electron chi connectivity index (χ3n) is 1.92. The van der Waals surface area contributed by atoms with E-state index in [1.165, 1.54) is 5.56 Å². The van der Waals surface area contributed by atoms with E-state index in [9.17, 15) is 4.79 Å². The average molecular weight is 219 g/mol. The van der Waals surface area contributed by atoms with Crippen LogP contribution in [0.3, 0.4) is 0 Å². The van der Waals surface area contributed by atoms with Crippen molar-refractivity contribution in [1.29, 1.82) is 0 Å². The fourth-order valence-corrected chi connectivity index (χ4v) is 1.34. The van der Waals surface area contributed by atoms with Crippen molar-refractivity contribution in [2.24, 2.45) is 0 Å². The molecule has 0 atom stereocenters. The highest BCUT2D eigenvalue weighted by Crippen LogP contribution is 2.15. The van der Waals surface area contributed by atoms with Gasteiger partial charge < -0.3 is 4.98 Å². The molecule has 0 bridgehead atoms. The minimum absolute atomic E-state index is 0.635. The Morgan fingerprint density at radius 2 is 1.69 bits per heavy atom. The lowest BCUT2D eigenvalue weighted by Crippen LogP contribution is -1.74. The van der Waals surface area contributed by atoms with E-state index in [1.807, 2.05) is 52.8 Å². The highest BCUT2D eigenvalue weighted by molar-refractivity contribution is 5.88. The van der Waals surface area contributed by atoms with Crippen molar-refractivity contribution in [3.63, 3.8) is 0 Å². The second kappa shape index (κ2) is 7.69. The van der Waals surface area contributed by atoms with Gasteiger partial charge in [0, 0.05) is 10.9 Å². The molecule has 16 heavy (non-hydrogen) atoms. The van der Waals surface area contributed by atoms with Gasteiger partial charge in [-0.05, 0) is 25.1 Å². The summed E-state index contributed by atoms with van der Waals surface area (Å²) in [5.74, 6) is 0. The van der Waals surface area contributed by atoms with Crippen LogP contribution >= 0.6 is 0 Å². The molecule has 2 rings (SSSR count). The van der Waals surface area contributed by atoms with Gasteiger partial charge in [-0.3, -0.25) is 4.79 Å². The van der Waals surface area contributed by atoms with Gasteiger partial charge in [0.05, 0.1) is 5.69 Å². The van der Waals surface area contributed by atoms with Crippen LogP contribution in [0.2, 0.25) is 0 Å². The van der Waals surface area contributed by atoms with E-state index in [2.05, 4.69) is 11.1 Å². The molecule has 0 spiro atoms. The topological polar surface area (TPSA) is 32.9 Å². The van der Waals surface area contributed by atoms with Crippen molar-refractivity contribution in [3.8, 4) is 0 Å². The van der Waals surface area contributed by atoms with Crippen LogP contribution in [0.4, 0.5) is 0 Å². The third-order valence-corrected chi connectivity index (χ3v) is 1.92. The average Bonchev–Trinajstić information content (AvgIpc) is 2.76. The SMILES string of the molecule is CC.CC.Cc1ccc2[nH]c(C=O)cc2c1. The van der Waals surface area contributed by atoms with Gasteiger partial charge in [0.2, 0.25) is 0 Å². The second-order valence-corrected chi connectivity index (χ2v) is 2.93. The summed E-state index contributed by atoms with van der Waals surface area (Å²) in [6.07, 6.45) is 0.829. The van der Waals surface area contributed by atoms with Crippen molar-refractivity contribution in [3.05, 3.63) is 35.5 Å². The first-order chi connectivity index (χ1) is 7.79. The molecule has 0 saturated carbocycles. The molecule has 0 amide bonds. The van der Waals surface area contributed by atoms with Crippen LogP contribution in [0.5, 0.6) is 0 Å². The van der Waals surface area contributed by atoms with Crippen LogP contribution in [0.15, 0.2) is 24.3 Å². The number of benzene rings is 1. The number of aryl methyl sites for hydroxylation is 1. The highest BCUT2D eigenvalue weighted by Gasteiger charge is 1.98. The maximum Gasteiger partial charge on any atom is 0.166 e. The first-order valence-corrected chi connectivity index (χ1v) is 5.84. The number of H-pyrrole nitrogens is 1. The normalized spacial score (nSPS) is 8.56. The maximum absolute atomic E-state index is 10.4. The van der Waals surface area contributed by atoms with Crippen LogP contribution in [-0.2, 0) is 0 Å². The Balaban J connectivity index is 0.000000509. The van der Waals surface area contributed by atoms with E-state index < -0.39 is 0 Å². The number of carbonyl (C=O) groups excluding carboxylic acids is 1. The van der Waals surface area contributed by atoms with Gasteiger partial charge in [0.25, 0.3) is 0 Å². The van der Waals surface area contributed by atoms with E-state index in [0.717, 1.165) is 17.2 Å². The maximum atomic E-state index is 10.4. The number of nitrogens with one attached hydrogen (secondary N) is 1. The molecule has 88 valence electrons. The summed E-state index contributed by atoms with van der Waals surface area (Å²) in [5, 5.41) is 1.09. The largest absolute Gasteiger partial charge is 0.352 e. The molecule has 0 aliphatic carbocycles. The first kappa shape index (κ1) is 14.4. The van der Waals surface area contributed by atoms with Crippen LogP contribution < -0.4 is 0 Å². The summed E-state index contributed by atoms with van der Waals surface area (Å²) in [4.78, 5) is 13.4. The van der Waals surface area contributed by atoms with Gasteiger partial charge in [-0.1, -0.05) is 39.3 Å². The van der Waals surface area contributed by atoms with E-state index in [-0.39, 0.29) is 0 Å². The lowest BCUT2D eigenvalue weighted by atomic mass is 10.2. The van der Waals surface area contributed by atoms with E-state index in [0.29, 0.717) is 5.69 Å². The van der Waals surface area contributed by atoms with Crippen molar-refractivity contribution in [1.82, 2.24) is 4.98 Å². The molecule has 1 N–H and O–H groups in total. The highest BCUT2D eigenvalue weighted by atomic mass is 16.1. The van der Waals surface area contributed by atoms with Crippen LogP contribution in [0.1, 0.15) is 43.7 Å². The number of aromatic amines is 1. The molecule has 2 aromatic rings. The lowest BCUT2D eigenvalue weighted by molar-refractivity contribution is 0.112. The number of hydrogen-bond donors (Lipinski definition) is 1. The van der Waals surface area contributed by atoms with Crippen molar-refractivity contribution in [2.75, 3.05) is 0 Å². The number of aldehydes is 1. The zero-order valence-corrected chi connectivity index (χ0v) is 10.8. The Morgan fingerprint density at radius 1 is 1.06 bits per heavy atom. The molecule has 1 heterocycles. The van der Waals surface area contributed by atoms with Gasteiger partial charge in [-0.15, -0.1) is 0 Å². The van der Waals surface area contributed by atoms with Gasteiger partial charge in [0.15, 0.2) is 6.29 Å². The summed E-state index contributed by atoms with van der Waals surface area (Å²) in [6.45, 7) is 10.0. The molecule has 2 nitrogen and oxygen atoms in total. The smallest absolute Gasteiger partial charge is 0.166 e. The quantitative estimate of drug-likeness (QED) is 0.711. The molecule has 0 fully saturated rings. The molecule has 0 unspecified atom stereocenters. The Morgan fingerprint density at radius 3 is 2.25 bits per heavy atom. The summed E-state index contributed by atoms with van der Waals surface area (Å²) in [6, 6.07) is 7.92. The van der Waals surface area contributed by atoms with E-state index >= 15 is 0 Å². The molecule has 0 saturated heterocycles. The van der Waals surface area contributed by atoms with E-state index in [4.69, 9.17) is 0 Å². The number of hydrogen-bond acceptors (Lipinski definition) is 1. The van der Waals surface area contributed by atoms with Crippen molar-refractivity contribution >= 4 is 17.2 Å². The predicted molar refractivity (Wildman–Crippen MR) is 71.1 cm³/mol. The summed E-state index contributed by atoms with van der Waals surface area (Å²) < 4.78 is 0. The van der Waals surface area contributed by atoms with Crippen molar-refractivity contribution < 1.29 is 4.79 Å². The van der Waals surface area contributed by atoms with Crippen molar-refractivity contribution in [2.45, 2.75) is 34.6 Å². The Kier molecular flexibility index (Phi) is 6.93. The monoisotopic (exact) mass is 219 g/mol. The molecule has 0 radical (unpaired) electrons. The molecule has 1 aromatic carbocycles. The minimum Gasteiger partial charge on any atom is -0.352 e. The second-order valence-electron chi connectivity index (χ2n) is 2.93. The van der Waals surface area contributed by atoms with Gasteiger partial charge in [0.1, 0.15) is 0 Å². The number of aromatic nitrogens is 1. The zero-order chi connectivity index (χ0) is 12.6. The minimum atomic E-state index is 0.635.